The van der Waals surface area contributed by atoms with Gasteiger partial charge in [0, 0.05) is 0 Å². The second-order valence-corrected chi connectivity index (χ2v) is 2.17. The number of rotatable bonds is 2. The maximum absolute atomic E-state index is 9.17. The van der Waals surface area contributed by atoms with Crippen LogP contribution in [0.4, 0.5) is 0 Å². The molecular weight excluding hydrogens is 128 g/mol. The third-order valence-corrected chi connectivity index (χ3v) is 1.39. The lowest BCUT2D eigenvalue weighted by atomic mass is 10.1. The molecule has 0 aromatic carbocycles. The first-order valence-corrected chi connectivity index (χ1v) is 3.57. The monoisotopic (exact) mass is 140 g/mol. The molecule has 1 N–H and O–H groups in total. The van der Waals surface area contributed by atoms with Gasteiger partial charge >= 0.3 is 0 Å². The van der Waals surface area contributed by atoms with E-state index < -0.39 is 0 Å². The predicted molar refractivity (Wildman–Crippen MR) is 39.7 cm³/mol. The van der Waals surface area contributed by atoms with Gasteiger partial charge < -0.3 is 9.84 Å². The fraction of sp³-hybridized carbons (Fsp3) is 0.500. The zero-order chi connectivity index (χ0) is 7.40. The van der Waals surface area contributed by atoms with E-state index in [1.54, 1.807) is 6.08 Å². The molecule has 1 aliphatic carbocycles. The summed E-state index contributed by atoms with van der Waals surface area (Å²) in [6.07, 6.45) is 5.59. The highest BCUT2D eigenvalue weighted by Crippen LogP contribution is 2.16. The molecule has 0 atom stereocenters. The Morgan fingerprint density at radius 1 is 1.50 bits per heavy atom. The van der Waals surface area contributed by atoms with Crippen LogP contribution < -0.4 is 0 Å². The molecule has 0 unspecified atom stereocenters. The minimum absolute atomic E-state index is 0.285. The van der Waals surface area contributed by atoms with Crippen molar-refractivity contribution in [3.8, 4) is 0 Å². The highest BCUT2D eigenvalue weighted by molar-refractivity contribution is 5.22. The van der Waals surface area contributed by atoms with Crippen molar-refractivity contribution in [2.45, 2.75) is 19.8 Å². The van der Waals surface area contributed by atoms with Crippen LogP contribution in [0.5, 0.6) is 0 Å². The van der Waals surface area contributed by atoms with E-state index in [4.69, 9.17) is 9.84 Å². The number of hydrogen-bond acceptors (Lipinski definition) is 2. The molecule has 10 heavy (non-hydrogen) atoms. The van der Waals surface area contributed by atoms with Crippen LogP contribution in [0, 0.1) is 0 Å². The highest BCUT2D eigenvalue weighted by atomic mass is 16.5. The fourth-order valence-corrected chi connectivity index (χ4v) is 0.928. The van der Waals surface area contributed by atoms with E-state index in [0.29, 0.717) is 12.4 Å². The normalized spacial score (nSPS) is 17.7. The zero-order valence-corrected chi connectivity index (χ0v) is 6.13. The quantitative estimate of drug-likeness (QED) is 0.636. The lowest BCUT2D eigenvalue weighted by molar-refractivity contribution is 0.204. The average Bonchev–Trinajstić information content (AvgIpc) is 1.94. The van der Waals surface area contributed by atoms with Crippen LogP contribution in [0.15, 0.2) is 23.7 Å². The van der Waals surface area contributed by atoms with Crippen molar-refractivity contribution in [2.24, 2.45) is 0 Å². The van der Waals surface area contributed by atoms with Crippen molar-refractivity contribution in [3.63, 3.8) is 0 Å². The molecule has 1 rings (SSSR count). The summed E-state index contributed by atoms with van der Waals surface area (Å²) in [6.45, 7) is 2.52. The minimum Gasteiger partial charge on any atom is -0.504 e. The van der Waals surface area contributed by atoms with E-state index in [1.807, 2.05) is 13.0 Å². The van der Waals surface area contributed by atoms with Crippen LogP contribution in [-0.4, -0.2) is 11.7 Å². The van der Waals surface area contributed by atoms with Crippen molar-refractivity contribution in [1.29, 1.82) is 0 Å². The van der Waals surface area contributed by atoms with Gasteiger partial charge in [-0.1, -0.05) is 0 Å². The van der Waals surface area contributed by atoms with Crippen molar-refractivity contribution in [3.05, 3.63) is 23.7 Å². The largest absolute Gasteiger partial charge is 0.504 e. The summed E-state index contributed by atoms with van der Waals surface area (Å²) in [5.41, 5.74) is 0. The van der Waals surface area contributed by atoms with Gasteiger partial charge in [0.05, 0.1) is 6.61 Å². The summed E-state index contributed by atoms with van der Waals surface area (Å²) in [7, 11) is 0. The Morgan fingerprint density at radius 3 is 2.80 bits per heavy atom. The van der Waals surface area contributed by atoms with Gasteiger partial charge in [0.1, 0.15) is 0 Å². The Morgan fingerprint density at radius 2 is 2.20 bits per heavy atom. The smallest absolute Gasteiger partial charge is 0.156 e. The molecule has 2 nitrogen and oxygen atoms in total. The van der Waals surface area contributed by atoms with E-state index in [9.17, 15) is 0 Å². The lowest BCUT2D eigenvalue weighted by Gasteiger charge is -2.10. The molecule has 0 heterocycles. The van der Waals surface area contributed by atoms with Crippen molar-refractivity contribution >= 4 is 0 Å². The number of aliphatic hydroxyl groups is 1. The number of aliphatic hydroxyl groups excluding tert-OH is 1. The summed E-state index contributed by atoms with van der Waals surface area (Å²) < 4.78 is 5.14. The molecule has 0 spiro atoms. The van der Waals surface area contributed by atoms with Gasteiger partial charge in [-0.15, -0.1) is 0 Å². The first kappa shape index (κ1) is 7.19. The van der Waals surface area contributed by atoms with E-state index in [2.05, 4.69) is 0 Å². The second kappa shape index (κ2) is 3.30. The molecule has 1 aliphatic rings. The first-order valence-electron chi connectivity index (χ1n) is 3.57. The summed E-state index contributed by atoms with van der Waals surface area (Å²) in [4.78, 5) is 0. The Kier molecular flexibility index (Phi) is 2.37. The summed E-state index contributed by atoms with van der Waals surface area (Å²) in [5.74, 6) is 0.918. The van der Waals surface area contributed by atoms with Crippen LogP contribution >= 0.6 is 0 Å². The topological polar surface area (TPSA) is 29.5 Å². The molecule has 56 valence electrons. The van der Waals surface area contributed by atoms with Crippen LogP contribution in [0.1, 0.15) is 19.8 Å². The first-order chi connectivity index (χ1) is 4.84. The molecular formula is C8H12O2. The van der Waals surface area contributed by atoms with E-state index in [1.165, 1.54) is 0 Å². The lowest BCUT2D eigenvalue weighted by Crippen LogP contribution is -1.98. The Balaban J connectivity index is 2.56. The highest BCUT2D eigenvalue weighted by Gasteiger charge is 2.06. The van der Waals surface area contributed by atoms with Gasteiger partial charge in [0.25, 0.3) is 0 Å². The number of ether oxygens (including phenoxy) is 1. The molecule has 0 radical (unpaired) electrons. The Bertz CT molecular complexity index is 168. The van der Waals surface area contributed by atoms with Crippen LogP contribution in [-0.2, 0) is 4.74 Å². The third-order valence-electron chi connectivity index (χ3n) is 1.39. The zero-order valence-electron chi connectivity index (χ0n) is 6.13. The van der Waals surface area contributed by atoms with E-state index >= 15 is 0 Å². The summed E-state index contributed by atoms with van der Waals surface area (Å²) >= 11 is 0. The molecule has 0 saturated carbocycles. The fourth-order valence-electron chi connectivity index (χ4n) is 0.928. The summed E-state index contributed by atoms with van der Waals surface area (Å²) in [5, 5.41) is 9.17. The number of allylic oxidation sites excluding steroid dienone is 2. The Hall–Kier alpha value is -0.920. The van der Waals surface area contributed by atoms with Gasteiger partial charge in [0.2, 0.25) is 0 Å². The van der Waals surface area contributed by atoms with Gasteiger partial charge in [-0.3, -0.25) is 0 Å². The maximum Gasteiger partial charge on any atom is 0.156 e. The van der Waals surface area contributed by atoms with Crippen molar-refractivity contribution in [2.75, 3.05) is 6.61 Å². The average molecular weight is 140 g/mol. The molecule has 0 amide bonds. The van der Waals surface area contributed by atoms with Gasteiger partial charge in [-0.2, -0.15) is 0 Å². The van der Waals surface area contributed by atoms with Crippen molar-refractivity contribution in [1.82, 2.24) is 0 Å². The SMILES string of the molecule is CCOC1=CCCC=C1O. The van der Waals surface area contributed by atoms with Crippen LogP contribution in [0.25, 0.3) is 0 Å². The molecule has 0 aromatic heterocycles. The van der Waals surface area contributed by atoms with Gasteiger partial charge in [-0.25, -0.2) is 0 Å². The molecule has 0 aromatic rings. The minimum atomic E-state index is 0.285. The molecule has 0 bridgehead atoms. The second-order valence-electron chi connectivity index (χ2n) is 2.17. The van der Waals surface area contributed by atoms with Gasteiger partial charge in [-0.05, 0) is 31.9 Å². The number of hydrogen-bond donors (Lipinski definition) is 1. The Labute approximate surface area is 60.8 Å². The van der Waals surface area contributed by atoms with E-state index in [0.717, 1.165) is 12.8 Å². The van der Waals surface area contributed by atoms with E-state index in [-0.39, 0.29) is 5.76 Å². The third kappa shape index (κ3) is 1.53. The molecule has 0 fully saturated rings. The maximum atomic E-state index is 9.17. The molecule has 0 saturated heterocycles. The molecule has 0 aliphatic heterocycles. The summed E-state index contributed by atoms with van der Waals surface area (Å²) in [6, 6.07) is 0. The van der Waals surface area contributed by atoms with Crippen LogP contribution in [0.3, 0.4) is 0 Å². The van der Waals surface area contributed by atoms with Crippen LogP contribution in [0.2, 0.25) is 0 Å². The molecule has 2 heteroatoms. The standard InChI is InChI=1S/C8H12O2/c1-2-10-8-6-4-3-5-7(8)9/h5-6,9H,2-4H2,1H3. The predicted octanol–water partition coefficient (Wildman–Crippen LogP) is 2.14. The van der Waals surface area contributed by atoms with Crippen molar-refractivity contribution < 1.29 is 9.84 Å². The van der Waals surface area contributed by atoms with Gasteiger partial charge in [0.15, 0.2) is 11.5 Å².